The highest BCUT2D eigenvalue weighted by molar-refractivity contribution is 5.19. The summed E-state index contributed by atoms with van der Waals surface area (Å²) >= 11 is 0. The van der Waals surface area contributed by atoms with Crippen LogP contribution in [0, 0.1) is 34.5 Å². The van der Waals surface area contributed by atoms with Crippen molar-refractivity contribution in [3.05, 3.63) is 11.6 Å². The van der Waals surface area contributed by atoms with Crippen molar-refractivity contribution in [1.29, 1.82) is 0 Å². The Bertz CT molecular complexity index is 519. The third-order valence-corrected chi connectivity index (χ3v) is 8.47. The van der Waals surface area contributed by atoms with Gasteiger partial charge in [0.2, 0.25) is 0 Å². The normalized spacial score (nSPS) is 49.9. The second-order valence-electron chi connectivity index (χ2n) is 9.38. The van der Waals surface area contributed by atoms with Crippen LogP contribution in [0.15, 0.2) is 11.6 Å². The summed E-state index contributed by atoms with van der Waals surface area (Å²) in [6.45, 7) is 4.80. The fourth-order valence-corrected chi connectivity index (χ4v) is 7.10. The van der Waals surface area contributed by atoms with Crippen LogP contribution in [-0.2, 0) is 0 Å². The van der Waals surface area contributed by atoms with Crippen molar-refractivity contribution in [2.75, 3.05) is 0 Å². The monoisotopic (exact) mass is 326 g/mol. The molecule has 0 saturated heterocycles. The zero-order valence-electron chi connectivity index (χ0n) is 14.4. The van der Waals surface area contributed by atoms with Gasteiger partial charge in [0.15, 0.2) is 0 Å². The van der Waals surface area contributed by atoms with Crippen molar-refractivity contribution in [2.24, 2.45) is 34.5 Å². The summed E-state index contributed by atoms with van der Waals surface area (Å²) in [5.74, 6) is 2.52. The summed E-state index contributed by atoms with van der Waals surface area (Å²) in [6, 6.07) is 0. The number of rotatable bonds is 0. The van der Waals surface area contributed by atoms with Crippen LogP contribution in [0.5, 0.6) is 0 Å². The van der Waals surface area contributed by atoms with E-state index in [2.05, 4.69) is 13.8 Å². The molecule has 0 radical (unpaired) electrons. The molecule has 3 fully saturated rings. The molecule has 0 heterocycles. The van der Waals surface area contributed by atoms with Gasteiger partial charge in [0.05, 0.1) is 0 Å². The maximum absolute atomic E-state index is 13.1. The van der Waals surface area contributed by atoms with Gasteiger partial charge < -0.3 is 0 Å². The summed E-state index contributed by atoms with van der Waals surface area (Å²) in [7, 11) is 0. The lowest BCUT2D eigenvalue weighted by Crippen LogP contribution is -2.52. The number of allylic oxidation sites excluding steroid dienone is 2. The van der Waals surface area contributed by atoms with E-state index in [0.717, 1.165) is 18.3 Å². The van der Waals surface area contributed by atoms with Crippen molar-refractivity contribution in [3.63, 3.8) is 0 Å². The minimum atomic E-state index is -4.12. The van der Waals surface area contributed by atoms with Gasteiger partial charge in [-0.25, -0.2) is 0 Å². The highest BCUT2D eigenvalue weighted by atomic mass is 19.4. The molecular weight excluding hydrogens is 297 g/mol. The Labute approximate surface area is 137 Å². The first kappa shape index (κ1) is 16.0. The van der Waals surface area contributed by atoms with E-state index in [4.69, 9.17) is 0 Å². The first-order valence-electron chi connectivity index (χ1n) is 9.50. The standard InChI is InChI=1S/C20H29F3/c1-18-9-3-4-16(18)15-6-5-13-12-14(20(21,22)23)7-11-19(13,2)17(15)8-10-18/h7,13,15-17H,3-6,8-12H2,1-2H3/t13-,15-,16-,17-,18-,19-/m0/s1. The highest BCUT2D eigenvalue weighted by Crippen LogP contribution is 2.66. The Morgan fingerprint density at radius 3 is 2.52 bits per heavy atom. The van der Waals surface area contributed by atoms with E-state index in [-0.39, 0.29) is 23.3 Å². The molecule has 0 bridgehead atoms. The third kappa shape index (κ3) is 2.32. The van der Waals surface area contributed by atoms with Crippen LogP contribution in [0.2, 0.25) is 0 Å². The van der Waals surface area contributed by atoms with Crippen LogP contribution in [0.4, 0.5) is 13.2 Å². The highest BCUT2D eigenvalue weighted by Gasteiger charge is 2.58. The molecule has 0 aromatic carbocycles. The second-order valence-corrected chi connectivity index (χ2v) is 9.38. The minimum Gasteiger partial charge on any atom is -0.166 e. The number of fused-ring (bicyclic) bond motifs is 5. The van der Waals surface area contributed by atoms with Crippen LogP contribution in [0.3, 0.4) is 0 Å². The largest absolute Gasteiger partial charge is 0.412 e. The molecule has 0 unspecified atom stereocenters. The van der Waals surface area contributed by atoms with Crippen molar-refractivity contribution in [3.8, 4) is 0 Å². The number of alkyl halides is 3. The molecule has 0 spiro atoms. The molecular formula is C20H29F3. The van der Waals surface area contributed by atoms with Crippen LogP contribution in [0.1, 0.15) is 71.6 Å². The predicted molar refractivity (Wildman–Crippen MR) is 85.9 cm³/mol. The first-order valence-corrected chi connectivity index (χ1v) is 9.50. The quantitative estimate of drug-likeness (QED) is 0.445. The molecule has 0 aromatic heterocycles. The average molecular weight is 326 g/mol. The summed E-state index contributed by atoms with van der Waals surface area (Å²) in [6.07, 6.45) is 7.19. The molecule has 3 saturated carbocycles. The van der Waals surface area contributed by atoms with E-state index in [1.807, 2.05) is 0 Å². The Balaban J connectivity index is 1.62. The van der Waals surface area contributed by atoms with Gasteiger partial charge in [-0.15, -0.1) is 0 Å². The van der Waals surface area contributed by atoms with E-state index >= 15 is 0 Å². The van der Waals surface area contributed by atoms with Crippen LogP contribution in [0.25, 0.3) is 0 Å². The van der Waals surface area contributed by atoms with E-state index in [0.29, 0.717) is 17.8 Å². The summed E-state index contributed by atoms with van der Waals surface area (Å²) in [5, 5.41) is 0. The summed E-state index contributed by atoms with van der Waals surface area (Å²) in [5.41, 5.74) is 0.396. The lowest BCUT2D eigenvalue weighted by molar-refractivity contribution is -0.117. The Kier molecular flexibility index (Phi) is 3.50. The molecule has 4 rings (SSSR count). The van der Waals surface area contributed by atoms with Crippen molar-refractivity contribution < 1.29 is 13.2 Å². The van der Waals surface area contributed by atoms with Gasteiger partial charge >= 0.3 is 6.18 Å². The molecule has 0 aliphatic heterocycles. The van der Waals surface area contributed by atoms with Gasteiger partial charge in [0.25, 0.3) is 0 Å². The molecule has 4 aliphatic rings. The average Bonchev–Trinajstić information content (AvgIpc) is 2.87. The number of hydrogen-bond acceptors (Lipinski definition) is 0. The predicted octanol–water partition coefficient (Wildman–Crippen LogP) is 6.52. The van der Waals surface area contributed by atoms with Crippen LogP contribution in [-0.4, -0.2) is 6.18 Å². The van der Waals surface area contributed by atoms with Crippen LogP contribution >= 0.6 is 0 Å². The molecule has 3 heteroatoms. The van der Waals surface area contributed by atoms with Gasteiger partial charge in [0.1, 0.15) is 0 Å². The number of halogens is 3. The first-order chi connectivity index (χ1) is 10.7. The topological polar surface area (TPSA) is 0 Å². The molecule has 4 aliphatic carbocycles. The smallest absolute Gasteiger partial charge is 0.166 e. The molecule has 0 N–H and O–H groups in total. The Morgan fingerprint density at radius 2 is 1.78 bits per heavy atom. The lowest BCUT2D eigenvalue weighted by atomic mass is 9.45. The Hall–Kier alpha value is -0.470. The van der Waals surface area contributed by atoms with Gasteiger partial charge in [-0.2, -0.15) is 13.2 Å². The summed E-state index contributed by atoms with van der Waals surface area (Å²) < 4.78 is 39.3. The van der Waals surface area contributed by atoms with Crippen molar-refractivity contribution in [1.82, 2.24) is 0 Å². The zero-order valence-corrected chi connectivity index (χ0v) is 14.4. The van der Waals surface area contributed by atoms with Crippen LogP contribution < -0.4 is 0 Å². The fraction of sp³-hybridized carbons (Fsp3) is 0.900. The molecule has 0 amide bonds. The van der Waals surface area contributed by atoms with Gasteiger partial charge in [-0.3, -0.25) is 0 Å². The van der Waals surface area contributed by atoms with Gasteiger partial charge in [-0.1, -0.05) is 26.3 Å². The summed E-state index contributed by atoms with van der Waals surface area (Å²) in [4.78, 5) is 0. The van der Waals surface area contributed by atoms with Crippen molar-refractivity contribution in [2.45, 2.75) is 77.8 Å². The molecule has 23 heavy (non-hydrogen) atoms. The van der Waals surface area contributed by atoms with E-state index in [9.17, 15) is 13.2 Å². The Morgan fingerprint density at radius 1 is 1.00 bits per heavy atom. The fourth-order valence-electron chi connectivity index (χ4n) is 7.10. The van der Waals surface area contributed by atoms with Gasteiger partial charge in [-0.05, 0) is 85.9 Å². The second kappa shape index (κ2) is 5.02. The van der Waals surface area contributed by atoms with E-state index < -0.39 is 6.18 Å². The molecule has 0 nitrogen and oxygen atoms in total. The lowest BCUT2D eigenvalue weighted by Gasteiger charge is -2.59. The van der Waals surface area contributed by atoms with Crippen molar-refractivity contribution >= 4 is 0 Å². The molecule has 6 atom stereocenters. The molecule has 0 aromatic rings. The third-order valence-electron chi connectivity index (χ3n) is 8.47. The zero-order chi connectivity index (χ0) is 16.5. The maximum Gasteiger partial charge on any atom is 0.412 e. The molecule has 130 valence electrons. The SMILES string of the molecule is C[C@@]12CCC[C@H]1[C@@H]1CC[C@H]3CC(C(F)(F)F)=CC[C@]3(C)[C@H]1CC2. The minimum absolute atomic E-state index is 0.113. The maximum atomic E-state index is 13.1. The number of hydrogen-bond donors (Lipinski definition) is 0. The van der Waals surface area contributed by atoms with Gasteiger partial charge in [0, 0.05) is 5.57 Å². The van der Waals surface area contributed by atoms with E-state index in [1.54, 1.807) is 6.08 Å². The van der Waals surface area contributed by atoms with E-state index in [1.165, 1.54) is 38.5 Å².